The second-order valence-electron chi connectivity index (χ2n) is 6.62. The summed E-state index contributed by atoms with van der Waals surface area (Å²) in [6.07, 6.45) is -1.97. The van der Waals surface area contributed by atoms with E-state index in [4.69, 9.17) is 0 Å². The average molecular weight is 396 g/mol. The van der Waals surface area contributed by atoms with Crippen LogP contribution in [0, 0.1) is 13.8 Å². The average Bonchev–Trinajstić information content (AvgIpc) is 2.70. The number of aryl methyl sites for hydroxylation is 2. The quantitative estimate of drug-likeness (QED) is 0.361. The number of nitrogens with zero attached hydrogens (tertiary/aromatic N) is 2. The molecule has 3 rings (SSSR count). The van der Waals surface area contributed by atoms with Crippen molar-refractivity contribution in [3.8, 4) is 0 Å². The molecule has 0 aliphatic carbocycles. The zero-order valence-electron chi connectivity index (χ0n) is 15.9. The van der Waals surface area contributed by atoms with Gasteiger partial charge in [0.1, 0.15) is 0 Å². The molecule has 1 heterocycles. The molecule has 2 aromatic carbocycles. The highest BCUT2D eigenvalue weighted by atomic mass is 19.4. The van der Waals surface area contributed by atoms with Crippen LogP contribution in [-0.4, -0.2) is 11.9 Å². The molecule has 1 aromatic heterocycles. The number of aromatic nitrogens is 1. The molecule has 0 radical (unpaired) electrons. The Morgan fingerprint density at radius 2 is 1.38 bits per heavy atom. The van der Waals surface area contributed by atoms with Crippen LogP contribution in [-0.2, 0) is 0 Å². The fourth-order valence-corrected chi connectivity index (χ4v) is 2.72. The maximum absolute atomic E-state index is 14.1. The summed E-state index contributed by atoms with van der Waals surface area (Å²) >= 11 is 0. The topological polar surface area (TPSA) is 39.3 Å². The van der Waals surface area contributed by atoms with Crippen molar-refractivity contribution in [2.75, 3.05) is 0 Å². The first-order valence-corrected chi connectivity index (χ1v) is 8.93. The van der Waals surface area contributed by atoms with Crippen molar-refractivity contribution in [3.63, 3.8) is 0 Å². The minimum atomic E-state index is -4.83. The Balaban J connectivity index is 2.29. The lowest BCUT2D eigenvalue weighted by Crippen LogP contribution is -2.43. The van der Waals surface area contributed by atoms with E-state index in [-0.39, 0.29) is 11.3 Å². The molecule has 0 spiro atoms. The predicted octanol–water partition coefficient (Wildman–Crippen LogP) is 4.61. The molecule has 29 heavy (non-hydrogen) atoms. The van der Waals surface area contributed by atoms with Crippen molar-refractivity contribution in [2.24, 2.45) is 4.99 Å². The molecule has 0 atom stereocenters. The molecule has 0 saturated carbocycles. The van der Waals surface area contributed by atoms with E-state index in [1.54, 1.807) is 42.5 Å². The molecule has 0 aliphatic rings. The first kappa shape index (κ1) is 20.3. The molecular weight excluding hydrogens is 377 g/mol. The Kier molecular flexibility index (Phi) is 5.82. The number of hydrogen-bond acceptors (Lipinski definition) is 2. The molecular formula is C23H19F3N2O. The Hall–Kier alpha value is -3.41. The van der Waals surface area contributed by atoms with Crippen LogP contribution in [0.3, 0.4) is 0 Å². The van der Waals surface area contributed by atoms with Gasteiger partial charge in [0, 0.05) is 12.1 Å². The number of rotatable bonds is 4. The van der Waals surface area contributed by atoms with Crippen molar-refractivity contribution in [1.82, 2.24) is 0 Å². The van der Waals surface area contributed by atoms with Gasteiger partial charge < -0.3 is 5.11 Å². The van der Waals surface area contributed by atoms with Gasteiger partial charge in [-0.3, -0.25) is 0 Å². The van der Waals surface area contributed by atoms with Crippen LogP contribution < -0.4 is 9.67 Å². The molecule has 0 saturated heterocycles. The smallest absolute Gasteiger partial charge is 0.440 e. The highest BCUT2D eigenvalue weighted by Gasteiger charge is 2.43. The maximum atomic E-state index is 14.1. The first-order valence-electron chi connectivity index (χ1n) is 8.93. The van der Waals surface area contributed by atoms with Crippen LogP contribution in [0.25, 0.3) is 11.5 Å². The molecule has 0 N–H and O–H groups in total. The van der Waals surface area contributed by atoms with Gasteiger partial charge in [-0.05, 0) is 42.9 Å². The van der Waals surface area contributed by atoms with E-state index in [2.05, 4.69) is 4.99 Å². The van der Waals surface area contributed by atoms with E-state index in [1.165, 1.54) is 41.2 Å². The van der Waals surface area contributed by atoms with Gasteiger partial charge in [0.15, 0.2) is 12.4 Å². The van der Waals surface area contributed by atoms with E-state index in [0.717, 1.165) is 11.1 Å². The molecule has 0 aliphatic heterocycles. The van der Waals surface area contributed by atoms with E-state index >= 15 is 0 Å². The summed E-state index contributed by atoms with van der Waals surface area (Å²) in [5.74, 6) is -0.761. The lowest BCUT2D eigenvalue weighted by molar-refractivity contribution is -0.578. The molecule has 3 aromatic rings. The summed E-state index contributed by atoms with van der Waals surface area (Å²) in [4.78, 5) is 3.83. The molecule has 148 valence electrons. The molecule has 6 heteroatoms. The number of benzene rings is 2. The van der Waals surface area contributed by atoms with Crippen LogP contribution in [0.4, 0.5) is 18.9 Å². The normalized spacial score (nSPS) is 13.2. The first-order chi connectivity index (χ1) is 13.8. The predicted molar refractivity (Wildman–Crippen MR) is 105 cm³/mol. The number of aliphatic imine (C=N–C) groups is 1. The molecule has 3 nitrogen and oxygen atoms in total. The highest BCUT2D eigenvalue weighted by molar-refractivity contribution is 6.24. The second kappa shape index (κ2) is 8.31. The van der Waals surface area contributed by atoms with Crippen LogP contribution in [0.1, 0.15) is 16.7 Å². The lowest BCUT2D eigenvalue weighted by atomic mass is 10.1. The van der Waals surface area contributed by atoms with E-state index in [0.29, 0.717) is 0 Å². The van der Waals surface area contributed by atoms with Crippen LogP contribution >= 0.6 is 0 Å². The summed E-state index contributed by atoms with van der Waals surface area (Å²) in [7, 11) is 0. The highest BCUT2D eigenvalue weighted by Crippen LogP contribution is 2.29. The Labute approximate surface area is 167 Å². The minimum Gasteiger partial charge on any atom is -0.868 e. The van der Waals surface area contributed by atoms with Gasteiger partial charge in [0.2, 0.25) is 11.4 Å². The summed E-state index contributed by atoms with van der Waals surface area (Å²) < 4.78 is 43.3. The standard InChI is InChI=1S/C23H19F3N2O/c1-16-8-10-19(11-9-16)27-22(23(24,25)26)20(28-14-12-17(2)13-15-28)21(29)18-6-4-3-5-7-18/h3-15H,1-2H3. The summed E-state index contributed by atoms with van der Waals surface area (Å²) in [6.45, 7) is 3.64. The summed E-state index contributed by atoms with van der Waals surface area (Å²) in [5.41, 5.74) is 0.227. The lowest BCUT2D eigenvalue weighted by Gasteiger charge is -2.18. The minimum absolute atomic E-state index is 0.119. The molecule has 0 unspecified atom stereocenters. The van der Waals surface area contributed by atoms with E-state index in [1.807, 2.05) is 13.8 Å². The zero-order chi connectivity index (χ0) is 21.0. The number of allylic oxidation sites excluding steroid dienone is 1. The van der Waals surface area contributed by atoms with E-state index < -0.39 is 23.3 Å². The molecule has 0 fully saturated rings. The summed E-state index contributed by atoms with van der Waals surface area (Å²) in [6, 6.07) is 17.5. The Bertz CT molecular complexity index is 1040. The Morgan fingerprint density at radius 1 is 0.828 bits per heavy atom. The molecule has 0 amide bonds. The third kappa shape index (κ3) is 4.90. The fraction of sp³-hybridized carbons (Fsp3) is 0.130. The number of alkyl halides is 3. The van der Waals surface area contributed by atoms with Gasteiger partial charge >= 0.3 is 6.18 Å². The number of pyridine rings is 1. The SMILES string of the molecule is Cc1ccc(N=C(/C(=C(\[O-])c2ccccc2)[n+]2ccc(C)cc2)C(F)(F)F)cc1. The molecule has 0 bridgehead atoms. The monoisotopic (exact) mass is 396 g/mol. The van der Waals surface area contributed by atoms with Gasteiger partial charge in [0.25, 0.3) is 0 Å². The third-order valence-corrected chi connectivity index (χ3v) is 4.27. The van der Waals surface area contributed by atoms with Gasteiger partial charge in [-0.15, -0.1) is 0 Å². The van der Waals surface area contributed by atoms with E-state index in [9.17, 15) is 18.3 Å². The largest absolute Gasteiger partial charge is 0.868 e. The van der Waals surface area contributed by atoms with Gasteiger partial charge in [0.05, 0.1) is 5.69 Å². The van der Waals surface area contributed by atoms with Gasteiger partial charge in [-0.1, -0.05) is 48.0 Å². The van der Waals surface area contributed by atoms with Crippen molar-refractivity contribution < 1.29 is 22.8 Å². The maximum Gasteiger partial charge on any atom is 0.440 e. The van der Waals surface area contributed by atoms with Crippen molar-refractivity contribution in [1.29, 1.82) is 0 Å². The number of hydrogen-bond donors (Lipinski definition) is 0. The van der Waals surface area contributed by atoms with Crippen LogP contribution in [0.2, 0.25) is 0 Å². The van der Waals surface area contributed by atoms with Gasteiger partial charge in [-0.25, -0.2) is 4.99 Å². The van der Waals surface area contributed by atoms with Crippen molar-refractivity contribution in [2.45, 2.75) is 20.0 Å². The fourth-order valence-electron chi connectivity index (χ4n) is 2.72. The zero-order valence-corrected chi connectivity index (χ0v) is 15.9. The number of halogens is 3. The summed E-state index contributed by atoms with van der Waals surface area (Å²) in [5, 5.41) is 13.1. The second-order valence-corrected chi connectivity index (χ2v) is 6.62. The van der Waals surface area contributed by atoms with Crippen LogP contribution in [0.15, 0.2) is 84.1 Å². The van der Waals surface area contributed by atoms with Crippen molar-refractivity contribution >= 4 is 22.9 Å². The third-order valence-electron chi connectivity index (χ3n) is 4.27. The van der Waals surface area contributed by atoms with Crippen molar-refractivity contribution in [3.05, 3.63) is 95.8 Å². The Morgan fingerprint density at radius 3 is 1.93 bits per heavy atom. The van der Waals surface area contributed by atoms with Gasteiger partial charge in [-0.2, -0.15) is 17.7 Å². The van der Waals surface area contributed by atoms with Crippen LogP contribution in [0.5, 0.6) is 0 Å².